The molecule has 1 aromatic heterocycles. The molecule has 0 atom stereocenters. The number of carbonyl (C=O) groups excluding carboxylic acids is 1. The minimum Gasteiger partial charge on any atom is -0.339 e. The summed E-state index contributed by atoms with van der Waals surface area (Å²) in [7, 11) is 0. The van der Waals surface area contributed by atoms with Gasteiger partial charge in [0.2, 0.25) is 0 Å². The van der Waals surface area contributed by atoms with Crippen molar-refractivity contribution in [3.8, 4) is 0 Å². The third-order valence-corrected chi connectivity index (χ3v) is 5.10. The molecule has 0 unspecified atom stereocenters. The maximum Gasteiger partial charge on any atom is 0.343 e. The molecule has 2 aromatic rings. The van der Waals surface area contributed by atoms with Crippen LogP contribution in [-0.2, 0) is 13.0 Å². The number of H-pyrrole nitrogens is 1. The highest BCUT2D eigenvalue weighted by atomic mass is 16.2. The zero-order chi connectivity index (χ0) is 18.7. The summed E-state index contributed by atoms with van der Waals surface area (Å²) in [5.41, 5.74) is 1.87. The third kappa shape index (κ3) is 3.89. The molecular formula is C20H28N4O2. The normalized spacial score (nSPS) is 15.6. The van der Waals surface area contributed by atoms with E-state index in [0.717, 1.165) is 30.7 Å². The van der Waals surface area contributed by atoms with Crippen LogP contribution in [0.5, 0.6) is 0 Å². The molecule has 6 heteroatoms. The van der Waals surface area contributed by atoms with Crippen LogP contribution in [-0.4, -0.2) is 38.7 Å². The largest absolute Gasteiger partial charge is 0.343 e. The van der Waals surface area contributed by atoms with E-state index in [9.17, 15) is 9.59 Å². The lowest BCUT2D eigenvalue weighted by atomic mass is 9.95. The van der Waals surface area contributed by atoms with Gasteiger partial charge in [-0.05, 0) is 49.8 Å². The number of aromatic amines is 1. The first-order valence-corrected chi connectivity index (χ1v) is 9.53. The van der Waals surface area contributed by atoms with Crippen LogP contribution in [0.1, 0.15) is 61.3 Å². The van der Waals surface area contributed by atoms with Crippen molar-refractivity contribution in [3.05, 3.63) is 51.7 Å². The van der Waals surface area contributed by atoms with Gasteiger partial charge in [-0.2, -0.15) is 5.10 Å². The molecule has 0 saturated carbocycles. The van der Waals surface area contributed by atoms with Crippen molar-refractivity contribution >= 4 is 5.91 Å². The van der Waals surface area contributed by atoms with Crippen molar-refractivity contribution < 1.29 is 4.79 Å². The van der Waals surface area contributed by atoms with Gasteiger partial charge < -0.3 is 4.90 Å². The third-order valence-electron chi connectivity index (χ3n) is 5.10. The molecule has 1 amide bonds. The van der Waals surface area contributed by atoms with E-state index < -0.39 is 0 Å². The number of rotatable bonds is 5. The number of nitrogens with zero attached hydrogens (tertiary/aromatic N) is 3. The van der Waals surface area contributed by atoms with Crippen LogP contribution in [0.25, 0.3) is 0 Å². The van der Waals surface area contributed by atoms with Crippen molar-refractivity contribution in [2.75, 3.05) is 13.1 Å². The van der Waals surface area contributed by atoms with Crippen LogP contribution in [0.15, 0.2) is 29.1 Å². The van der Waals surface area contributed by atoms with Gasteiger partial charge in [-0.25, -0.2) is 9.89 Å². The highest BCUT2D eigenvalue weighted by Gasteiger charge is 2.27. The summed E-state index contributed by atoms with van der Waals surface area (Å²) in [4.78, 5) is 26.4. The molecule has 0 spiro atoms. The highest BCUT2D eigenvalue weighted by Crippen LogP contribution is 2.26. The van der Waals surface area contributed by atoms with Crippen LogP contribution in [0, 0.1) is 5.92 Å². The number of amides is 1. The molecule has 0 bridgehead atoms. The Bertz CT molecular complexity index is 796. The van der Waals surface area contributed by atoms with Gasteiger partial charge in [0.25, 0.3) is 5.91 Å². The quantitative estimate of drug-likeness (QED) is 0.895. The fraction of sp³-hybridized carbons (Fsp3) is 0.550. The first-order chi connectivity index (χ1) is 12.5. The molecule has 26 heavy (non-hydrogen) atoms. The number of nitrogens with one attached hydrogen (secondary N) is 1. The van der Waals surface area contributed by atoms with Gasteiger partial charge in [-0.1, -0.05) is 26.0 Å². The predicted octanol–water partition coefficient (Wildman–Crippen LogP) is 2.81. The van der Waals surface area contributed by atoms with Crippen molar-refractivity contribution in [1.29, 1.82) is 0 Å². The first kappa shape index (κ1) is 18.4. The lowest BCUT2D eigenvalue weighted by Crippen LogP contribution is -2.38. The Morgan fingerprint density at radius 3 is 2.46 bits per heavy atom. The molecule has 1 fully saturated rings. The molecule has 1 aliphatic heterocycles. The van der Waals surface area contributed by atoms with E-state index >= 15 is 0 Å². The molecule has 0 radical (unpaired) electrons. The summed E-state index contributed by atoms with van der Waals surface area (Å²) in [6, 6.07) is 8.00. The zero-order valence-electron chi connectivity index (χ0n) is 15.9. The van der Waals surface area contributed by atoms with E-state index in [1.165, 1.54) is 5.56 Å². The van der Waals surface area contributed by atoms with Crippen molar-refractivity contribution in [1.82, 2.24) is 19.7 Å². The Balaban J connectivity index is 1.62. The fourth-order valence-corrected chi connectivity index (χ4v) is 3.73. The molecule has 6 nitrogen and oxygen atoms in total. The van der Waals surface area contributed by atoms with Gasteiger partial charge in [0.05, 0.1) is 0 Å². The summed E-state index contributed by atoms with van der Waals surface area (Å²) in [6.45, 7) is 8.35. The maximum atomic E-state index is 12.8. The molecule has 1 N–H and O–H groups in total. The summed E-state index contributed by atoms with van der Waals surface area (Å²) in [5, 5.41) is 6.73. The Labute approximate surface area is 154 Å². The van der Waals surface area contributed by atoms with E-state index in [4.69, 9.17) is 0 Å². The van der Waals surface area contributed by atoms with E-state index in [1.807, 2.05) is 24.0 Å². The molecule has 1 aliphatic rings. The minimum atomic E-state index is -0.150. The number of hydrogen-bond acceptors (Lipinski definition) is 3. The van der Waals surface area contributed by atoms with Gasteiger partial charge in [-0.15, -0.1) is 0 Å². The van der Waals surface area contributed by atoms with Crippen LogP contribution < -0.4 is 5.69 Å². The summed E-state index contributed by atoms with van der Waals surface area (Å²) < 4.78 is 1.69. The molecule has 1 aromatic carbocycles. The van der Waals surface area contributed by atoms with Crippen LogP contribution >= 0.6 is 0 Å². The first-order valence-electron chi connectivity index (χ1n) is 9.53. The van der Waals surface area contributed by atoms with Gasteiger partial charge in [0.1, 0.15) is 5.82 Å². The molecule has 3 rings (SSSR count). The second kappa shape index (κ2) is 7.89. The second-order valence-electron chi connectivity index (χ2n) is 7.49. The summed E-state index contributed by atoms with van der Waals surface area (Å²) in [6.07, 6.45) is 2.70. The van der Waals surface area contributed by atoms with Crippen molar-refractivity contribution in [2.24, 2.45) is 5.92 Å². The standard InChI is InChI=1S/C20H28N4O2/c1-4-24-18(21-22-20(24)26)16-9-11-23(12-10-16)19(25)17-7-5-15(6-8-17)13-14(2)3/h5-8,14,16H,4,9-13H2,1-3H3,(H,22,26). The predicted molar refractivity (Wildman–Crippen MR) is 101 cm³/mol. The van der Waals surface area contributed by atoms with Gasteiger partial charge in [-0.3, -0.25) is 9.36 Å². The Morgan fingerprint density at radius 1 is 1.23 bits per heavy atom. The monoisotopic (exact) mass is 356 g/mol. The van der Waals surface area contributed by atoms with Gasteiger partial charge in [0, 0.05) is 31.1 Å². The van der Waals surface area contributed by atoms with Crippen LogP contribution in [0.3, 0.4) is 0 Å². The van der Waals surface area contributed by atoms with Gasteiger partial charge >= 0.3 is 5.69 Å². The Hall–Kier alpha value is -2.37. The summed E-state index contributed by atoms with van der Waals surface area (Å²) >= 11 is 0. The molecule has 1 saturated heterocycles. The summed E-state index contributed by atoms with van der Waals surface area (Å²) in [5.74, 6) is 1.75. The number of likely N-dealkylation sites (tertiary alicyclic amines) is 1. The molecule has 0 aliphatic carbocycles. The number of benzene rings is 1. The van der Waals surface area contributed by atoms with E-state index in [1.54, 1.807) is 4.57 Å². The molecular weight excluding hydrogens is 328 g/mol. The number of piperidine rings is 1. The molecule has 140 valence electrons. The lowest BCUT2D eigenvalue weighted by molar-refractivity contribution is 0.0710. The second-order valence-corrected chi connectivity index (χ2v) is 7.49. The van der Waals surface area contributed by atoms with Gasteiger partial charge in [0.15, 0.2) is 0 Å². The average molecular weight is 356 g/mol. The number of hydrogen-bond donors (Lipinski definition) is 1. The van der Waals surface area contributed by atoms with Crippen LogP contribution in [0.4, 0.5) is 0 Å². The minimum absolute atomic E-state index is 0.0921. The topological polar surface area (TPSA) is 71.0 Å². The SMILES string of the molecule is CCn1c(C2CCN(C(=O)c3ccc(CC(C)C)cc3)CC2)n[nH]c1=O. The van der Waals surface area contributed by atoms with E-state index in [2.05, 4.69) is 36.2 Å². The maximum absolute atomic E-state index is 12.8. The smallest absolute Gasteiger partial charge is 0.339 e. The zero-order valence-corrected chi connectivity index (χ0v) is 15.9. The highest BCUT2D eigenvalue weighted by molar-refractivity contribution is 5.94. The van der Waals surface area contributed by atoms with Crippen LogP contribution in [0.2, 0.25) is 0 Å². The Kier molecular flexibility index (Phi) is 5.59. The molecule has 2 heterocycles. The lowest BCUT2D eigenvalue weighted by Gasteiger charge is -2.31. The Morgan fingerprint density at radius 2 is 1.88 bits per heavy atom. The fourth-order valence-electron chi connectivity index (χ4n) is 3.73. The van der Waals surface area contributed by atoms with Crippen molar-refractivity contribution in [2.45, 2.75) is 52.5 Å². The van der Waals surface area contributed by atoms with E-state index in [0.29, 0.717) is 25.6 Å². The van der Waals surface area contributed by atoms with Crippen molar-refractivity contribution in [3.63, 3.8) is 0 Å². The van der Waals surface area contributed by atoms with E-state index in [-0.39, 0.29) is 17.5 Å². The number of carbonyl (C=O) groups is 1. The average Bonchev–Trinajstić information content (AvgIpc) is 3.02. The number of aromatic nitrogens is 3.